The summed E-state index contributed by atoms with van der Waals surface area (Å²) in [5.74, 6) is 0.0279. The molecule has 0 aromatic heterocycles. The van der Waals surface area contributed by atoms with Crippen LogP contribution in [0.1, 0.15) is 24.2 Å². The van der Waals surface area contributed by atoms with Crippen molar-refractivity contribution in [3.05, 3.63) is 59.7 Å². The number of fused-ring (bicyclic) bond motifs is 1. The summed E-state index contributed by atoms with van der Waals surface area (Å²) in [5, 5.41) is -0.0892. The number of ether oxygens (including phenoxy) is 3. The Kier molecular flexibility index (Phi) is 7.48. The second-order valence-corrected chi connectivity index (χ2v) is 7.98. The summed E-state index contributed by atoms with van der Waals surface area (Å²) in [6.07, 6.45) is -0.729. The summed E-state index contributed by atoms with van der Waals surface area (Å²) in [7, 11) is 0. The van der Waals surface area contributed by atoms with E-state index in [1.807, 2.05) is 18.2 Å². The molecule has 0 saturated carbocycles. The monoisotopic (exact) mass is 429 g/mol. The van der Waals surface area contributed by atoms with Crippen LogP contribution in [0.2, 0.25) is 0 Å². The molecule has 0 amide bonds. The van der Waals surface area contributed by atoms with Gasteiger partial charge in [0.25, 0.3) is 0 Å². The average molecular weight is 429 g/mol. The van der Waals surface area contributed by atoms with Crippen molar-refractivity contribution in [1.29, 1.82) is 0 Å². The highest BCUT2D eigenvalue weighted by Crippen LogP contribution is 2.34. The minimum absolute atomic E-state index is 0.0892. The zero-order valence-corrected chi connectivity index (χ0v) is 17.4. The first-order valence-corrected chi connectivity index (χ1v) is 10.5. The van der Waals surface area contributed by atoms with Crippen molar-refractivity contribution in [3.63, 3.8) is 0 Å². The van der Waals surface area contributed by atoms with E-state index in [0.717, 1.165) is 17.3 Å². The molecule has 2 unspecified atom stereocenters. The number of carbonyl (C=O) groups excluding carboxylic acids is 3. The number of hydrogen-bond donors (Lipinski definition) is 1. The number of nitrogens with two attached hydrogens (primary N) is 1. The van der Waals surface area contributed by atoms with E-state index in [0.29, 0.717) is 23.5 Å². The maximum absolute atomic E-state index is 13.4. The number of Topliss-reactive ketones (excluding diaryl/α,β-unsaturated/α-hetero) is 1. The molecule has 2 atom stereocenters. The SMILES string of the molecule is CC(=O)SCC(Cc1ccc2c(c1)OCO2)C(=O)C(OC(=O)CN)c1ccccc1. The van der Waals surface area contributed by atoms with Gasteiger partial charge in [0.15, 0.2) is 28.5 Å². The Balaban J connectivity index is 1.86. The van der Waals surface area contributed by atoms with E-state index in [9.17, 15) is 14.4 Å². The molecule has 0 radical (unpaired) electrons. The lowest BCUT2D eigenvalue weighted by Gasteiger charge is -2.23. The molecule has 0 saturated heterocycles. The van der Waals surface area contributed by atoms with Crippen LogP contribution in [0.25, 0.3) is 0 Å². The summed E-state index contributed by atoms with van der Waals surface area (Å²) in [5.41, 5.74) is 6.81. The van der Waals surface area contributed by atoms with Gasteiger partial charge in [-0.05, 0) is 29.7 Å². The first-order chi connectivity index (χ1) is 14.5. The van der Waals surface area contributed by atoms with Crippen LogP contribution < -0.4 is 15.2 Å². The van der Waals surface area contributed by atoms with Gasteiger partial charge < -0.3 is 19.9 Å². The molecule has 1 aliphatic heterocycles. The van der Waals surface area contributed by atoms with Crippen molar-refractivity contribution in [2.24, 2.45) is 11.7 Å². The lowest BCUT2D eigenvalue weighted by Crippen LogP contribution is -2.31. The molecule has 2 N–H and O–H groups in total. The third-order valence-corrected chi connectivity index (χ3v) is 5.56. The molecule has 3 rings (SSSR count). The molecule has 1 heterocycles. The quantitative estimate of drug-likeness (QED) is 0.607. The van der Waals surface area contributed by atoms with Crippen LogP contribution in [0.15, 0.2) is 48.5 Å². The Morgan fingerprint density at radius 1 is 1.10 bits per heavy atom. The Labute approximate surface area is 178 Å². The van der Waals surface area contributed by atoms with Gasteiger partial charge in [-0.1, -0.05) is 48.2 Å². The smallest absolute Gasteiger partial charge is 0.320 e. The topological polar surface area (TPSA) is 105 Å². The van der Waals surface area contributed by atoms with Crippen molar-refractivity contribution in [3.8, 4) is 11.5 Å². The number of rotatable bonds is 9. The largest absolute Gasteiger partial charge is 0.454 e. The molecule has 30 heavy (non-hydrogen) atoms. The minimum atomic E-state index is -1.09. The summed E-state index contributed by atoms with van der Waals surface area (Å²) < 4.78 is 16.1. The first kappa shape index (κ1) is 21.9. The van der Waals surface area contributed by atoms with E-state index in [1.165, 1.54) is 6.92 Å². The number of thioether (sulfide) groups is 1. The predicted molar refractivity (Wildman–Crippen MR) is 112 cm³/mol. The van der Waals surface area contributed by atoms with Gasteiger partial charge in [-0.15, -0.1) is 0 Å². The molecule has 0 aliphatic carbocycles. The number of hydrogen-bond acceptors (Lipinski definition) is 8. The number of esters is 1. The van der Waals surface area contributed by atoms with E-state index >= 15 is 0 Å². The van der Waals surface area contributed by atoms with Gasteiger partial charge in [0.05, 0.1) is 6.54 Å². The maximum atomic E-state index is 13.4. The van der Waals surface area contributed by atoms with Crippen LogP contribution in [-0.4, -0.2) is 36.0 Å². The zero-order valence-electron chi connectivity index (χ0n) is 16.5. The number of carbonyl (C=O) groups is 3. The highest BCUT2D eigenvalue weighted by atomic mass is 32.2. The lowest BCUT2D eigenvalue weighted by molar-refractivity contribution is -0.155. The van der Waals surface area contributed by atoms with Crippen LogP contribution in [0.5, 0.6) is 11.5 Å². The zero-order chi connectivity index (χ0) is 21.5. The third kappa shape index (κ3) is 5.61. The number of benzene rings is 2. The van der Waals surface area contributed by atoms with Gasteiger partial charge in [0.2, 0.25) is 6.79 Å². The molecule has 2 aromatic carbocycles. The van der Waals surface area contributed by atoms with Crippen LogP contribution in [0.4, 0.5) is 0 Å². The second kappa shape index (κ2) is 10.3. The van der Waals surface area contributed by atoms with Crippen LogP contribution >= 0.6 is 11.8 Å². The van der Waals surface area contributed by atoms with E-state index in [1.54, 1.807) is 30.3 Å². The Bertz CT molecular complexity index is 917. The van der Waals surface area contributed by atoms with Gasteiger partial charge in [0, 0.05) is 18.6 Å². The summed E-state index contributed by atoms with van der Waals surface area (Å²) >= 11 is 1.07. The molecule has 0 bridgehead atoms. The standard InChI is InChI=1S/C22H23NO6S/c1-14(24)30-12-17(9-15-7-8-18-19(10-15)28-13-27-18)21(26)22(29-20(25)11-23)16-5-3-2-4-6-16/h2-8,10,17,22H,9,11-13,23H2,1H3. The lowest BCUT2D eigenvalue weighted by atomic mass is 9.91. The Morgan fingerprint density at radius 2 is 1.83 bits per heavy atom. The Morgan fingerprint density at radius 3 is 2.53 bits per heavy atom. The molecular weight excluding hydrogens is 406 g/mol. The van der Waals surface area contributed by atoms with E-state index in [4.69, 9.17) is 19.9 Å². The fourth-order valence-corrected chi connectivity index (χ4v) is 3.84. The molecule has 8 heteroatoms. The van der Waals surface area contributed by atoms with Gasteiger partial charge in [-0.2, -0.15) is 0 Å². The van der Waals surface area contributed by atoms with Gasteiger partial charge in [-0.25, -0.2) is 0 Å². The minimum Gasteiger partial charge on any atom is -0.454 e. The summed E-state index contributed by atoms with van der Waals surface area (Å²) in [6.45, 7) is 1.29. The van der Waals surface area contributed by atoms with Gasteiger partial charge in [0.1, 0.15) is 0 Å². The van der Waals surface area contributed by atoms with Crippen LogP contribution in [-0.2, 0) is 25.5 Å². The second-order valence-electron chi connectivity index (χ2n) is 6.78. The Hall–Kier alpha value is -2.84. The fourth-order valence-electron chi connectivity index (χ4n) is 3.12. The molecule has 158 valence electrons. The van der Waals surface area contributed by atoms with Crippen molar-refractivity contribution in [2.75, 3.05) is 19.1 Å². The van der Waals surface area contributed by atoms with Crippen molar-refractivity contribution in [1.82, 2.24) is 0 Å². The average Bonchev–Trinajstić information content (AvgIpc) is 3.22. The molecule has 2 aromatic rings. The first-order valence-electron chi connectivity index (χ1n) is 9.48. The normalized spacial score (nSPS) is 14.1. The van der Waals surface area contributed by atoms with Crippen LogP contribution in [0.3, 0.4) is 0 Å². The maximum Gasteiger partial charge on any atom is 0.320 e. The summed E-state index contributed by atoms with van der Waals surface area (Å²) in [6, 6.07) is 14.3. The van der Waals surface area contributed by atoms with Crippen molar-refractivity contribution in [2.45, 2.75) is 19.4 Å². The van der Waals surface area contributed by atoms with E-state index in [-0.39, 0.29) is 30.0 Å². The van der Waals surface area contributed by atoms with E-state index in [2.05, 4.69) is 0 Å². The van der Waals surface area contributed by atoms with E-state index < -0.39 is 18.0 Å². The van der Waals surface area contributed by atoms with Crippen molar-refractivity contribution < 1.29 is 28.6 Å². The predicted octanol–water partition coefficient (Wildman–Crippen LogP) is 2.67. The highest BCUT2D eigenvalue weighted by molar-refractivity contribution is 8.13. The van der Waals surface area contributed by atoms with Gasteiger partial charge >= 0.3 is 5.97 Å². The van der Waals surface area contributed by atoms with Crippen LogP contribution in [0, 0.1) is 5.92 Å². The molecule has 0 fully saturated rings. The molecule has 7 nitrogen and oxygen atoms in total. The molecule has 1 aliphatic rings. The fraction of sp³-hybridized carbons (Fsp3) is 0.318. The van der Waals surface area contributed by atoms with Crippen molar-refractivity contribution >= 4 is 28.6 Å². The third-order valence-electron chi connectivity index (χ3n) is 4.59. The number of ketones is 1. The van der Waals surface area contributed by atoms with Gasteiger partial charge in [-0.3, -0.25) is 14.4 Å². The summed E-state index contributed by atoms with van der Waals surface area (Å²) in [4.78, 5) is 36.9. The molecule has 0 spiro atoms. The highest BCUT2D eigenvalue weighted by Gasteiger charge is 2.32. The molecular formula is C22H23NO6S.